The summed E-state index contributed by atoms with van der Waals surface area (Å²) >= 11 is 0. The van der Waals surface area contributed by atoms with Gasteiger partial charge in [0.2, 0.25) is 0 Å². The molecule has 2 aromatic carbocycles. The number of ether oxygens (including phenoxy) is 2. The molecule has 112 valence electrons. The van der Waals surface area contributed by atoms with Crippen LogP contribution in [-0.2, 0) is 6.54 Å². The van der Waals surface area contributed by atoms with E-state index in [0.717, 1.165) is 17.0 Å². The van der Waals surface area contributed by atoms with Crippen LogP contribution in [0.25, 0.3) is 0 Å². The van der Waals surface area contributed by atoms with Gasteiger partial charge < -0.3 is 19.5 Å². The van der Waals surface area contributed by atoms with Crippen LogP contribution in [0.5, 0.6) is 17.2 Å². The van der Waals surface area contributed by atoms with E-state index in [4.69, 9.17) is 9.47 Å². The highest BCUT2D eigenvalue weighted by Gasteiger charge is 2.10. The van der Waals surface area contributed by atoms with Gasteiger partial charge >= 0.3 is 0 Å². The summed E-state index contributed by atoms with van der Waals surface area (Å²) in [6, 6.07) is 13.3. The molecule has 0 radical (unpaired) electrons. The van der Waals surface area contributed by atoms with E-state index in [0.29, 0.717) is 18.9 Å². The van der Waals surface area contributed by atoms with E-state index < -0.39 is 0 Å². The van der Waals surface area contributed by atoms with Crippen LogP contribution in [0.15, 0.2) is 42.5 Å². The molecule has 0 heterocycles. The minimum atomic E-state index is 0.167. The summed E-state index contributed by atoms with van der Waals surface area (Å²) in [6.45, 7) is 3.12. The van der Waals surface area contributed by atoms with Crippen LogP contribution in [0, 0.1) is 0 Å². The summed E-state index contributed by atoms with van der Waals surface area (Å²) in [7, 11) is 3.67. The lowest BCUT2D eigenvalue weighted by atomic mass is 10.1. The molecule has 0 bridgehead atoms. The largest absolute Gasteiger partial charge is 0.504 e. The summed E-state index contributed by atoms with van der Waals surface area (Å²) in [4.78, 5) is 2.10. The molecule has 0 spiro atoms. The molecule has 21 heavy (non-hydrogen) atoms. The Balaban J connectivity index is 2.19. The summed E-state index contributed by atoms with van der Waals surface area (Å²) in [6.07, 6.45) is 0. The molecular weight excluding hydrogens is 266 g/mol. The van der Waals surface area contributed by atoms with Gasteiger partial charge in [-0.2, -0.15) is 0 Å². The van der Waals surface area contributed by atoms with Crippen molar-refractivity contribution in [2.45, 2.75) is 13.5 Å². The number of rotatable bonds is 6. The molecule has 0 unspecified atom stereocenters. The SMILES string of the molecule is CCOc1cc(CN(C)c2ccccc2OC)ccc1O. The Morgan fingerprint density at radius 1 is 1.10 bits per heavy atom. The second-order valence-corrected chi connectivity index (χ2v) is 4.76. The van der Waals surface area contributed by atoms with Gasteiger partial charge in [-0.1, -0.05) is 18.2 Å². The number of aromatic hydroxyl groups is 1. The standard InChI is InChI=1S/C17H21NO3/c1-4-21-17-11-13(9-10-15(17)19)12-18(2)14-7-5-6-8-16(14)20-3/h5-11,19H,4,12H2,1-3H3. The molecule has 0 amide bonds. The molecule has 4 heteroatoms. The van der Waals surface area contributed by atoms with Crippen molar-refractivity contribution in [3.8, 4) is 17.2 Å². The van der Waals surface area contributed by atoms with E-state index in [1.807, 2.05) is 50.4 Å². The van der Waals surface area contributed by atoms with Gasteiger partial charge in [-0.25, -0.2) is 0 Å². The monoisotopic (exact) mass is 287 g/mol. The first kappa shape index (κ1) is 15.0. The van der Waals surface area contributed by atoms with Crippen molar-refractivity contribution in [3.05, 3.63) is 48.0 Å². The van der Waals surface area contributed by atoms with Crippen molar-refractivity contribution in [2.75, 3.05) is 25.7 Å². The lowest BCUT2D eigenvalue weighted by Crippen LogP contribution is -2.17. The number of para-hydroxylation sites is 2. The van der Waals surface area contributed by atoms with Gasteiger partial charge in [0.25, 0.3) is 0 Å². The molecule has 4 nitrogen and oxygen atoms in total. The third-order valence-corrected chi connectivity index (χ3v) is 3.24. The highest BCUT2D eigenvalue weighted by Crippen LogP contribution is 2.30. The first-order valence-electron chi connectivity index (χ1n) is 6.94. The van der Waals surface area contributed by atoms with Crippen LogP contribution in [-0.4, -0.2) is 25.9 Å². The molecule has 2 rings (SSSR count). The van der Waals surface area contributed by atoms with Crippen LogP contribution in [0.4, 0.5) is 5.69 Å². The van der Waals surface area contributed by atoms with E-state index in [2.05, 4.69) is 4.90 Å². The molecule has 1 N–H and O–H groups in total. The molecule has 2 aromatic rings. The molecule has 0 aliphatic carbocycles. The Morgan fingerprint density at radius 3 is 2.57 bits per heavy atom. The first-order chi connectivity index (χ1) is 10.2. The van der Waals surface area contributed by atoms with Gasteiger partial charge in [-0.3, -0.25) is 0 Å². The van der Waals surface area contributed by atoms with Crippen molar-refractivity contribution >= 4 is 5.69 Å². The Labute approximate surface area is 125 Å². The zero-order chi connectivity index (χ0) is 15.2. The Hall–Kier alpha value is -2.36. The van der Waals surface area contributed by atoms with Crippen molar-refractivity contribution in [3.63, 3.8) is 0 Å². The molecule has 0 atom stereocenters. The maximum Gasteiger partial charge on any atom is 0.161 e. The van der Waals surface area contributed by atoms with Gasteiger partial charge in [0.1, 0.15) is 5.75 Å². The summed E-state index contributed by atoms with van der Waals surface area (Å²) in [5.41, 5.74) is 2.08. The fourth-order valence-electron chi connectivity index (χ4n) is 2.23. The highest BCUT2D eigenvalue weighted by molar-refractivity contribution is 5.58. The molecular formula is C17H21NO3. The Morgan fingerprint density at radius 2 is 1.86 bits per heavy atom. The van der Waals surface area contributed by atoms with Crippen molar-refractivity contribution in [1.29, 1.82) is 0 Å². The Bertz CT molecular complexity index is 598. The van der Waals surface area contributed by atoms with Crippen LogP contribution < -0.4 is 14.4 Å². The Kier molecular flexibility index (Phi) is 4.93. The van der Waals surface area contributed by atoms with Gasteiger partial charge in [-0.05, 0) is 36.8 Å². The van der Waals surface area contributed by atoms with E-state index in [9.17, 15) is 5.11 Å². The second kappa shape index (κ2) is 6.88. The molecule has 0 aromatic heterocycles. The van der Waals surface area contributed by atoms with E-state index in [1.54, 1.807) is 13.2 Å². The molecule has 0 aliphatic rings. The second-order valence-electron chi connectivity index (χ2n) is 4.76. The van der Waals surface area contributed by atoms with Gasteiger partial charge in [0, 0.05) is 13.6 Å². The van der Waals surface area contributed by atoms with E-state index in [1.165, 1.54) is 0 Å². The average Bonchev–Trinajstić information content (AvgIpc) is 2.50. The number of phenolic OH excluding ortho intramolecular Hbond substituents is 1. The van der Waals surface area contributed by atoms with Crippen LogP contribution in [0.1, 0.15) is 12.5 Å². The summed E-state index contributed by atoms with van der Waals surface area (Å²) < 4.78 is 10.8. The smallest absolute Gasteiger partial charge is 0.161 e. The number of hydrogen-bond donors (Lipinski definition) is 1. The molecule has 0 saturated carbocycles. The average molecular weight is 287 g/mol. The third kappa shape index (κ3) is 3.60. The normalized spacial score (nSPS) is 10.2. The summed E-state index contributed by atoms with van der Waals surface area (Å²) in [5, 5.41) is 9.74. The van der Waals surface area contributed by atoms with Crippen molar-refractivity contribution < 1.29 is 14.6 Å². The predicted molar refractivity (Wildman–Crippen MR) is 84.4 cm³/mol. The van der Waals surface area contributed by atoms with Crippen molar-refractivity contribution in [1.82, 2.24) is 0 Å². The van der Waals surface area contributed by atoms with Crippen LogP contribution in [0.2, 0.25) is 0 Å². The minimum Gasteiger partial charge on any atom is -0.504 e. The molecule has 0 aliphatic heterocycles. The lowest BCUT2D eigenvalue weighted by molar-refractivity contribution is 0.317. The number of benzene rings is 2. The first-order valence-corrected chi connectivity index (χ1v) is 6.94. The maximum atomic E-state index is 9.74. The van der Waals surface area contributed by atoms with E-state index in [-0.39, 0.29) is 5.75 Å². The van der Waals surface area contributed by atoms with E-state index >= 15 is 0 Å². The number of anilines is 1. The summed E-state index contributed by atoms with van der Waals surface area (Å²) in [5.74, 6) is 1.52. The lowest BCUT2D eigenvalue weighted by Gasteiger charge is -2.22. The van der Waals surface area contributed by atoms with Crippen LogP contribution >= 0.6 is 0 Å². The van der Waals surface area contributed by atoms with Gasteiger partial charge in [0.05, 0.1) is 19.4 Å². The van der Waals surface area contributed by atoms with Gasteiger partial charge in [0.15, 0.2) is 11.5 Å². The third-order valence-electron chi connectivity index (χ3n) is 3.24. The fraction of sp³-hybridized carbons (Fsp3) is 0.294. The number of phenols is 1. The topological polar surface area (TPSA) is 41.9 Å². The predicted octanol–water partition coefficient (Wildman–Crippen LogP) is 3.44. The fourth-order valence-corrected chi connectivity index (χ4v) is 2.23. The quantitative estimate of drug-likeness (QED) is 0.883. The van der Waals surface area contributed by atoms with Gasteiger partial charge in [-0.15, -0.1) is 0 Å². The number of hydrogen-bond acceptors (Lipinski definition) is 4. The maximum absolute atomic E-state index is 9.74. The minimum absolute atomic E-state index is 0.167. The zero-order valence-electron chi connectivity index (χ0n) is 12.7. The number of methoxy groups -OCH3 is 1. The highest BCUT2D eigenvalue weighted by atomic mass is 16.5. The number of nitrogens with zero attached hydrogens (tertiary/aromatic N) is 1. The molecule has 0 saturated heterocycles. The van der Waals surface area contributed by atoms with Crippen molar-refractivity contribution in [2.24, 2.45) is 0 Å². The van der Waals surface area contributed by atoms with Crippen LogP contribution in [0.3, 0.4) is 0 Å². The molecule has 0 fully saturated rings. The zero-order valence-corrected chi connectivity index (χ0v) is 12.7.